The van der Waals surface area contributed by atoms with Crippen LogP contribution in [0.5, 0.6) is 0 Å². The Morgan fingerprint density at radius 1 is 1.12 bits per heavy atom. The van der Waals surface area contributed by atoms with Gasteiger partial charge in [-0.15, -0.1) is 0 Å². The number of rotatable bonds is 4. The molecule has 1 heterocycles. The van der Waals surface area contributed by atoms with Crippen LogP contribution >= 0.6 is 0 Å². The van der Waals surface area contributed by atoms with Crippen molar-refractivity contribution in [2.24, 2.45) is 0 Å². The third-order valence-corrected chi connectivity index (χ3v) is 5.77. The van der Waals surface area contributed by atoms with E-state index in [1.165, 1.54) is 31.2 Å². The summed E-state index contributed by atoms with van der Waals surface area (Å²) in [7, 11) is -3.80. The molecule has 0 aromatic heterocycles. The lowest BCUT2D eigenvalue weighted by Gasteiger charge is -2.31. The van der Waals surface area contributed by atoms with Crippen LogP contribution < -0.4 is 10.6 Å². The Balaban J connectivity index is 1.99. The van der Waals surface area contributed by atoms with Crippen LogP contribution in [0.3, 0.4) is 0 Å². The van der Waals surface area contributed by atoms with Crippen molar-refractivity contribution >= 4 is 27.5 Å². The van der Waals surface area contributed by atoms with Gasteiger partial charge in [-0.3, -0.25) is 9.59 Å². The first kappa shape index (κ1) is 20.2. The van der Waals surface area contributed by atoms with E-state index in [1.54, 1.807) is 0 Å². The number of halogens is 3. The van der Waals surface area contributed by atoms with Crippen LogP contribution in [0.1, 0.15) is 19.8 Å². The third-order valence-electron chi connectivity index (χ3n) is 3.86. The summed E-state index contributed by atoms with van der Waals surface area (Å²) in [6, 6.07) is 4.86. The standard InChI is InChI=1S/C15H18F3N3O4S/c1-10(22)19-11-2-4-13(5-3-11)26(24,25)21-8-6-12(7-9-21)20-14(23)15(16,17)18/h2-5,12H,6-9H2,1H3,(H,19,22)(H,20,23). The van der Waals surface area contributed by atoms with E-state index in [0.717, 1.165) is 4.31 Å². The molecule has 0 bridgehead atoms. The SMILES string of the molecule is CC(=O)Nc1ccc(S(=O)(=O)N2CCC(NC(=O)C(F)(F)F)CC2)cc1. The number of nitrogens with one attached hydrogen (secondary N) is 2. The highest BCUT2D eigenvalue weighted by Gasteiger charge is 2.40. The Morgan fingerprint density at radius 3 is 2.12 bits per heavy atom. The highest BCUT2D eigenvalue weighted by Crippen LogP contribution is 2.23. The molecule has 1 aromatic carbocycles. The number of carbonyl (C=O) groups is 2. The maximum absolute atomic E-state index is 12.6. The summed E-state index contributed by atoms with van der Waals surface area (Å²) in [5.41, 5.74) is 0.449. The molecule has 0 spiro atoms. The average molecular weight is 393 g/mol. The van der Waals surface area contributed by atoms with E-state index < -0.39 is 28.1 Å². The van der Waals surface area contributed by atoms with Crippen LogP contribution in [0.25, 0.3) is 0 Å². The van der Waals surface area contributed by atoms with Crippen LogP contribution in [0.2, 0.25) is 0 Å². The fourth-order valence-electron chi connectivity index (χ4n) is 2.57. The molecule has 1 aromatic rings. The minimum Gasteiger partial charge on any atom is -0.345 e. The molecule has 1 saturated heterocycles. The number of anilines is 1. The van der Waals surface area contributed by atoms with Crippen LogP contribution in [-0.4, -0.2) is 49.8 Å². The van der Waals surface area contributed by atoms with E-state index in [0.29, 0.717) is 5.69 Å². The van der Waals surface area contributed by atoms with Gasteiger partial charge in [-0.2, -0.15) is 17.5 Å². The average Bonchev–Trinajstić information content (AvgIpc) is 2.54. The molecule has 26 heavy (non-hydrogen) atoms. The van der Waals surface area contributed by atoms with Crippen molar-refractivity contribution in [3.63, 3.8) is 0 Å². The van der Waals surface area contributed by atoms with Crippen molar-refractivity contribution < 1.29 is 31.2 Å². The van der Waals surface area contributed by atoms with Crippen molar-refractivity contribution in [3.05, 3.63) is 24.3 Å². The predicted octanol–water partition coefficient (Wildman–Crippen LogP) is 1.48. The molecular weight excluding hydrogens is 375 g/mol. The second-order valence-electron chi connectivity index (χ2n) is 5.86. The fourth-order valence-corrected chi connectivity index (χ4v) is 4.04. The number of alkyl halides is 3. The van der Waals surface area contributed by atoms with E-state index in [4.69, 9.17) is 0 Å². The van der Waals surface area contributed by atoms with E-state index in [9.17, 15) is 31.2 Å². The highest BCUT2D eigenvalue weighted by atomic mass is 32.2. The zero-order valence-electron chi connectivity index (χ0n) is 13.8. The molecule has 1 aliphatic heterocycles. The molecule has 144 valence electrons. The quantitative estimate of drug-likeness (QED) is 0.810. The number of sulfonamides is 1. The highest BCUT2D eigenvalue weighted by molar-refractivity contribution is 7.89. The van der Waals surface area contributed by atoms with E-state index in [2.05, 4.69) is 5.32 Å². The topological polar surface area (TPSA) is 95.6 Å². The van der Waals surface area contributed by atoms with Crippen LogP contribution in [0, 0.1) is 0 Å². The first-order valence-electron chi connectivity index (χ1n) is 7.75. The van der Waals surface area contributed by atoms with Gasteiger partial charge in [0.05, 0.1) is 4.90 Å². The summed E-state index contributed by atoms with van der Waals surface area (Å²) in [6.45, 7) is 1.32. The fraction of sp³-hybridized carbons (Fsp3) is 0.467. The summed E-state index contributed by atoms with van der Waals surface area (Å²) < 4.78 is 63.1. The third kappa shape index (κ3) is 4.94. The molecule has 2 N–H and O–H groups in total. The van der Waals surface area contributed by atoms with Gasteiger partial charge in [-0.25, -0.2) is 8.42 Å². The lowest BCUT2D eigenvalue weighted by Crippen LogP contribution is -2.49. The predicted molar refractivity (Wildman–Crippen MR) is 86.7 cm³/mol. The van der Waals surface area contributed by atoms with Gasteiger partial charge in [0.15, 0.2) is 0 Å². The number of benzene rings is 1. The minimum atomic E-state index is -4.96. The van der Waals surface area contributed by atoms with Crippen molar-refractivity contribution in [1.29, 1.82) is 0 Å². The molecule has 11 heteroatoms. The van der Waals surface area contributed by atoms with Crippen LogP contribution in [0.15, 0.2) is 29.2 Å². The van der Waals surface area contributed by atoms with Gasteiger partial charge in [0.1, 0.15) is 0 Å². The summed E-state index contributed by atoms with van der Waals surface area (Å²) in [5, 5.41) is 4.39. The van der Waals surface area contributed by atoms with Crippen LogP contribution in [-0.2, 0) is 19.6 Å². The number of piperidine rings is 1. The molecule has 0 aliphatic carbocycles. The lowest BCUT2D eigenvalue weighted by atomic mass is 10.1. The maximum atomic E-state index is 12.6. The Bertz CT molecular complexity index is 770. The lowest BCUT2D eigenvalue weighted by molar-refractivity contribution is -0.174. The monoisotopic (exact) mass is 393 g/mol. The summed E-state index contributed by atoms with van der Waals surface area (Å²) in [4.78, 5) is 21.9. The number of carbonyl (C=O) groups excluding carboxylic acids is 2. The Labute approximate surface area is 148 Å². The maximum Gasteiger partial charge on any atom is 0.471 e. The van der Waals surface area contributed by atoms with E-state index in [-0.39, 0.29) is 36.7 Å². The van der Waals surface area contributed by atoms with Crippen molar-refractivity contribution in [1.82, 2.24) is 9.62 Å². The smallest absolute Gasteiger partial charge is 0.345 e. The Hall–Kier alpha value is -2.14. The van der Waals surface area contributed by atoms with Crippen molar-refractivity contribution in [2.75, 3.05) is 18.4 Å². The van der Waals surface area contributed by atoms with Gasteiger partial charge < -0.3 is 10.6 Å². The first-order chi connectivity index (χ1) is 12.0. The second-order valence-corrected chi connectivity index (χ2v) is 7.79. The molecular formula is C15H18F3N3O4S. The summed E-state index contributed by atoms with van der Waals surface area (Å²) in [5.74, 6) is -2.31. The summed E-state index contributed by atoms with van der Waals surface area (Å²) in [6.07, 6.45) is -4.78. The number of hydrogen-bond donors (Lipinski definition) is 2. The van der Waals surface area contributed by atoms with Crippen LogP contribution in [0.4, 0.5) is 18.9 Å². The van der Waals surface area contributed by atoms with Gasteiger partial charge in [0.2, 0.25) is 15.9 Å². The molecule has 0 unspecified atom stereocenters. The number of hydrogen-bond acceptors (Lipinski definition) is 4. The molecule has 0 atom stereocenters. The van der Waals surface area contributed by atoms with Gasteiger partial charge in [0, 0.05) is 31.7 Å². The molecule has 1 aliphatic rings. The van der Waals surface area contributed by atoms with Gasteiger partial charge in [-0.05, 0) is 37.1 Å². The summed E-state index contributed by atoms with van der Waals surface area (Å²) >= 11 is 0. The van der Waals surface area contributed by atoms with E-state index in [1.807, 2.05) is 5.32 Å². The van der Waals surface area contributed by atoms with E-state index >= 15 is 0 Å². The molecule has 2 amide bonds. The molecule has 0 radical (unpaired) electrons. The molecule has 0 saturated carbocycles. The Morgan fingerprint density at radius 2 is 1.65 bits per heavy atom. The first-order valence-corrected chi connectivity index (χ1v) is 9.19. The molecule has 2 rings (SSSR count). The number of nitrogens with zero attached hydrogens (tertiary/aromatic N) is 1. The van der Waals surface area contributed by atoms with Gasteiger partial charge >= 0.3 is 12.1 Å². The normalized spacial score (nSPS) is 16.9. The minimum absolute atomic E-state index is 0.00140. The molecule has 7 nitrogen and oxygen atoms in total. The molecule has 1 fully saturated rings. The largest absolute Gasteiger partial charge is 0.471 e. The van der Waals surface area contributed by atoms with Gasteiger partial charge in [0.25, 0.3) is 0 Å². The zero-order chi connectivity index (χ0) is 19.5. The second kappa shape index (κ2) is 7.62. The van der Waals surface area contributed by atoms with Crippen molar-refractivity contribution in [2.45, 2.75) is 36.9 Å². The zero-order valence-corrected chi connectivity index (χ0v) is 14.7. The van der Waals surface area contributed by atoms with Crippen molar-refractivity contribution in [3.8, 4) is 0 Å². The Kier molecular flexibility index (Phi) is 5.91. The number of amides is 2. The van der Waals surface area contributed by atoms with Gasteiger partial charge in [-0.1, -0.05) is 0 Å².